The van der Waals surface area contributed by atoms with E-state index in [9.17, 15) is 0 Å². The summed E-state index contributed by atoms with van der Waals surface area (Å²) in [6.07, 6.45) is 0. The zero-order valence-corrected chi connectivity index (χ0v) is 27.2. The molecule has 0 radical (unpaired) electrons. The van der Waals surface area contributed by atoms with Crippen LogP contribution in [0.1, 0.15) is 25.0 Å². The van der Waals surface area contributed by atoms with Crippen LogP contribution in [0.4, 0.5) is 0 Å². The number of fused-ring (bicyclic) bond motifs is 12. The Labute approximate surface area is 282 Å². The summed E-state index contributed by atoms with van der Waals surface area (Å²) in [5.41, 5.74) is 13.8. The normalized spacial score (nSPS) is 13.7. The lowest BCUT2D eigenvalue weighted by Gasteiger charge is -2.23. The molecule has 1 aliphatic carbocycles. The van der Waals surface area contributed by atoms with E-state index < -0.39 is 0 Å². The minimum Gasteiger partial charge on any atom is -0.456 e. The molecular weight excluding hydrogens is 597 g/mol. The van der Waals surface area contributed by atoms with Gasteiger partial charge in [0.25, 0.3) is 0 Å². The molecule has 2 heterocycles. The van der Waals surface area contributed by atoms with Crippen LogP contribution in [0.25, 0.3) is 98.8 Å². The van der Waals surface area contributed by atoms with Crippen LogP contribution in [0.3, 0.4) is 0 Å². The average molecular weight is 627 g/mol. The van der Waals surface area contributed by atoms with Crippen molar-refractivity contribution in [1.29, 1.82) is 0 Å². The van der Waals surface area contributed by atoms with Crippen LogP contribution < -0.4 is 0 Å². The second-order valence-corrected chi connectivity index (χ2v) is 14.0. The van der Waals surface area contributed by atoms with Gasteiger partial charge in [-0.25, -0.2) is 0 Å². The third-order valence-electron chi connectivity index (χ3n) is 11.0. The molecule has 11 rings (SSSR count). The highest BCUT2D eigenvalue weighted by Crippen LogP contribution is 2.55. The monoisotopic (exact) mass is 626 g/mol. The maximum atomic E-state index is 6.57. The Hall–Kier alpha value is -6.12. The van der Waals surface area contributed by atoms with Crippen LogP contribution in [0.15, 0.2) is 154 Å². The Morgan fingerprint density at radius 3 is 2.08 bits per heavy atom. The van der Waals surface area contributed by atoms with Crippen LogP contribution in [-0.4, -0.2) is 0 Å². The van der Waals surface area contributed by atoms with E-state index >= 15 is 0 Å². The first kappa shape index (κ1) is 26.9. The summed E-state index contributed by atoms with van der Waals surface area (Å²) in [4.78, 5) is 0. The number of hydrogen-bond acceptors (Lipinski definition) is 2. The van der Waals surface area contributed by atoms with Gasteiger partial charge in [-0.2, -0.15) is 0 Å². The van der Waals surface area contributed by atoms with Crippen LogP contribution in [-0.2, 0) is 5.41 Å². The molecule has 0 saturated heterocycles. The predicted octanol–water partition coefficient (Wildman–Crippen LogP) is 13.4. The fraction of sp³-hybridized carbons (Fsp3) is 0.0638. The first-order valence-corrected chi connectivity index (χ1v) is 17.0. The van der Waals surface area contributed by atoms with Gasteiger partial charge in [0.15, 0.2) is 0 Å². The lowest BCUT2D eigenvalue weighted by Crippen LogP contribution is -2.15. The molecule has 1 aliphatic rings. The highest BCUT2D eigenvalue weighted by atomic mass is 16.3. The standard InChI is InChI=1S/C47H30O2/c1-47(2)38-15-7-5-13-35(38)45-39(47)26-30-24-28(31-14-9-17-42-44(31)36-22-18-27-10-3-4-11-33(27)46(36)49-42)19-21-32(30)43(45)29-20-23-41-37(25-29)34-12-6-8-16-40(34)48-41/h3-26H,1-2H3. The summed E-state index contributed by atoms with van der Waals surface area (Å²) in [7, 11) is 0. The molecule has 2 aromatic heterocycles. The van der Waals surface area contributed by atoms with E-state index in [1.165, 1.54) is 60.7 Å². The van der Waals surface area contributed by atoms with Crippen LogP contribution in [0.5, 0.6) is 0 Å². The molecule has 2 nitrogen and oxygen atoms in total. The van der Waals surface area contributed by atoms with E-state index in [0.29, 0.717) is 0 Å². The summed E-state index contributed by atoms with van der Waals surface area (Å²) in [5.74, 6) is 0. The lowest BCUT2D eigenvalue weighted by atomic mass is 9.80. The molecule has 230 valence electrons. The van der Waals surface area contributed by atoms with E-state index in [-0.39, 0.29) is 5.41 Å². The number of furan rings is 2. The minimum atomic E-state index is -0.140. The van der Waals surface area contributed by atoms with Gasteiger partial charge in [0.05, 0.1) is 0 Å². The molecule has 10 aromatic rings. The second-order valence-electron chi connectivity index (χ2n) is 14.0. The van der Waals surface area contributed by atoms with Gasteiger partial charge in [0, 0.05) is 32.3 Å². The number of para-hydroxylation sites is 1. The van der Waals surface area contributed by atoms with E-state index in [4.69, 9.17) is 8.83 Å². The van der Waals surface area contributed by atoms with Crippen LogP contribution in [0, 0.1) is 0 Å². The van der Waals surface area contributed by atoms with E-state index in [1.54, 1.807) is 0 Å². The Kier molecular flexibility index (Phi) is 5.21. The summed E-state index contributed by atoms with van der Waals surface area (Å²) < 4.78 is 12.8. The van der Waals surface area contributed by atoms with Crippen molar-refractivity contribution in [2.24, 2.45) is 0 Å². The minimum absolute atomic E-state index is 0.140. The molecule has 8 aromatic carbocycles. The Morgan fingerprint density at radius 2 is 1.14 bits per heavy atom. The van der Waals surface area contributed by atoms with Gasteiger partial charge >= 0.3 is 0 Å². The molecular formula is C47H30O2. The van der Waals surface area contributed by atoms with Crippen molar-refractivity contribution in [2.45, 2.75) is 19.3 Å². The third-order valence-corrected chi connectivity index (χ3v) is 11.0. The zero-order valence-electron chi connectivity index (χ0n) is 27.2. The quantitative estimate of drug-likeness (QED) is 0.191. The molecule has 0 N–H and O–H groups in total. The van der Waals surface area contributed by atoms with Gasteiger partial charge in [0.1, 0.15) is 22.3 Å². The maximum Gasteiger partial charge on any atom is 0.143 e. The van der Waals surface area contributed by atoms with E-state index in [1.807, 2.05) is 6.07 Å². The molecule has 0 aliphatic heterocycles. The number of benzene rings is 8. The van der Waals surface area contributed by atoms with Crippen molar-refractivity contribution in [3.05, 3.63) is 157 Å². The molecule has 0 unspecified atom stereocenters. The van der Waals surface area contributed by atoms with Gasteiger partial charge in [-0.3, -0.25) is 0 Å². The highest BCUT2D eigenvalue weighted by molar-refractivity contribution is 6.20. The van der Waals surface area contributed by atoms with E-state index in [0.717, 1.165) is 49.3 Å². The second kappa shape index (κ2) is 9.49. The summed E-state index contributed by atoms with van der Waals surface area (Å²) >= 11 is 0. The van der Waals surface area contributed by atoms with Gasteiger partial charge in [0.2, 0.25) is 0 Å². The fourth-order valence-corrected chi connectivity index (χ4v) is 8.71. The number of rotatable bonds is 2. The molecule has 0 saturated carbocycles. The Morgan fingerprint density at radius 1 is 0.408 bits per heavy atom. The Bertz CT molecular complexity index is 3020. The van der Waals surface area contributed by atoms with Crippen LogP contribution >= 0.6 is 0 Å². The van der Waals surface area contributed by atoms with Crippen molar-refractivity contribution in [3.8, 4) is 33.4 Å². The van der Waals surface area contributed by atoms with E-state index in [2.05, 4.69) is 153 Å². The Balaban J connectivity index is 1.21. The van der Waals surface area contributed by atoms with Gasteiger partial charge in [-0.05, 0) is 103 Å². The van der Waals surface area contributed by atoms with Crippen LogP contribution in [0.2, 0.25) is 0 Å². The lowest BCUT2D eigenvalue weighted by molar-refractivity contribution is 0.661. The first-order valence-electron chi connectivity index (χ1n) is 17.0. The first-order chi connectivity index (χ1) is 24.0. The van der Waals surface area contributed by atoms with Crippen molar-refractivity contribution in [2.75, 3.05) is 0 Å². The topological polar surface area (TPSA) is 26.3 Å². The predicted molar refractivity (Wildman–Crippen MR) is 204 cm³/mol. The molecule has 2 heteroatoms. The smallest absolute Gasteiger partial charge is 0.143 e. The highest BCUT2D eigenvalue weighted by Gasteiger charge is 2.37. The molecule has 0 fully saturated rings. The third kappa shape index (κ3) is 3.61. The molecule has 0 spiro atoms. The average Bonchev–Trinajstić information content (AvgIpc) is 3.78. The largest absolute Gasteiger partial charge is 0.456 e. The molecule has 0 amide bonds. The van der Waals surface area contributed by atoms with Gasteiger partial charge < -0.3 is 8.83 Å². The summed E-state index contributed by atoms with van der Waals surface area (Å²) in [6.45, 7) is 4.74. The fourth-order valence-electron chi connectivity index (χ4n) is 8.71. The molecule has 49 heavy (non-hydrogen) atoms. The SMILES string of the molecule is CC1(C)c2ccccc2-c2c1cc1cc(-c3cccc4oc5c6ccccc6ccc5c34)ccc1c2-c1ccc2oc3ccccc3c2c1. The zero-order chi connectivity index (χ0) is 32.4. The number of hydrogen-bond donors (Lipinski definition) is 0. The van der Waals surface area contributed by atoms with Gasteiger partial charge in [-0.15, -0.1) is 0 Å². The van der Waals surface area contributed by atoms with Crippen molar-refractivity contribution < 1.29 is 8.83 Å². The summed E-state index contributed by atoms with van der Waals surface area (Å²) in [6, 6.07) is 52.8. The van der Waals surface area contributed by atoms with Crippen molar-refractivity contribution in [3.63, 3.8) is 0 Å². The molecule has 0 bridgehead atoms. The van der Waals surface area contributed by atoms with Gasteiger partial charge in [-0.1, -0.05) is 117 Å². The van der Waals surface area contributed by atoms with Crippen molar-refractivity contribution in [1.82, 2.24) is 0 Å². The molecule has 0 atom stereocenters. The maximum absolute atomic E-state index is 6.57. The summed E-state index contributed by atoms with van der Waals surface area (Å²) in [5, 5.41) is 9.42. The van der Waals surface area contributed by atoms with Crippen molar-refractivity contribution >= 4 is 65.4 Å².